The first-order valence-corrected chi connectivity index (χ1v) is 6.94. The van der Waals surface area contributed by atoms with Gasteiger partial charge in [0.05, 0.1) is 11.5 Å². The summed E-state index contributed by atoms with van der Waals surface area (Å²) in [5.41, 5.74) is -0.164. The molecule has 0 radical (unpaired) electrons. The number of hydrogen-bond acceptors (Lipinski definition) is 3. The van der Waals surface area contributed by atoms with E-state index in [0.29, 0.717) is 12.0 Å². The molecule has 3 atom stereocenters. The largest absolute Gasteiger partial charge is 0.248 e. The van der Waals surface area contributed by atoms with E-state index < -0.39 is 0 Å². The standard InChI is InChI=1S/C14H20N4/c1-10(2)18-13(16-9-17-18)7-14(8-15)6-11-3-4-12(14)5-11/h9-12H,3-7H2,1-2H3. The molecular formula is C14H20N4. The van der Waals surface area contributed by atoms with Crippen molar-refractivity contribution in [2.45, 2.75) is 52.0 Å². The van der Waals surface area contributed by atoms with Crippen LogP contribution in [0.25, 0.3) is 0 Å². The Morgan fingerprint density at radius 2 is 2.39 bits per heavy atom. The highest BCUT2D eigenvalue weighted by molar-refractivity contribution is 5.15. The van der Waals surface area contributed by atoms with Gasteiger partial charge >= 0.3 is 0 Å². The zero-order valence-electron chi connectivity index (χ0n) is 11.1. The molecule has 0 aliphatic heterocycles. The average molecular weight is 244 g/mol. The van der Waals surface area contributed by atoms with Crippen molar-refractivity contribution in [2.75, 3.05) is 0 Å². The van der Waals surface area contributed by atoms with Gasteiger partial charge in [0.1, 0.15) is 12.2 Å². The SMILES string of the molecule is CC(C)n1ncnc1CC1(C#N)CC2CCC1C2. The van der Waals surface area contributed by atoms with Crippen molar-refractivity contribution >= 4 is 0 Å². The van der Waals surface area contributed by atoms with Crippen LogP contribution in [0.3, 0.4) is 0 Å². The lowest BCUT2D eigenvalue weighted by molar-refractivity contribution is 0.230. The predicted octanol–water partition coefficient (Wildman–Crippen LogP) is 2.73. The van der Waals surface area contributed by atoms with E-state index >= 15 is 0 Å². The summed E-state index contributed by atoms with van der Waals surface area (Å²) in [5, 5.41) is 13.9. The molecule has 96 valence electrons. The number of hydrogen-bond donors (Lipinski definition) is 0. The first kappa shape index (κ1) is 11.7. The fourth-order valence-corrected chi connectivity index (χ4v) is 3.95. The maximum absolute atomic E-state index is 9.66. The summed E-state index contributed by atoms with van der Waals surface area (Å²) in [4.78, 5) is 4.38. The number of nitriles is 1. The second kappa shape index (κ2) is 4.08. The number of rotatable bonds is 3. The molecule has 2 bridgehead atoms. The summed E-state index contributed by atoms with van der Waals surface area (Å²) < 4.78 is 1.96. The predicted molar refractivity (Wildman–Crippen MR) is 67.6 cm³/mol. The zero-order chi connectivity index (χ0) is 12.8. The maximum Gasteiger partial charge on any atom is 0.138 e. The lowest BCUT2D eigenvalue weighted by Crippen LogP contribution is -2.30. The van der Waals surface area contributed by atoms with Gasteiger partial charge in [0.15, 0.2) is 0 Å². The Morgan fingerprint density at radius 1 is 1.56 bits per heavy atom. The van der Waals surface area contributed by atoms with Gasteiger partial charge in [-0.3, -0.25) is 0 Å². The molecule has 1 aromatic rings. The molecule has 1 heterocycles. The first-order chi connectivity index (χ1) is 8.64. The van der Waals surface area contributed by atoms with Crippen molar-refractivity contribution in [1.82, 2.24) is 14.8 Å². The Kier molecular flexibility index (Phi) is 2.65. The molecule has 2 aliphatic carbocycles. The molecule has 2 saturated carbocycles. The third-order valence-electron chi connectivity index (χ3n) is 4.81. The van der Waals surface area contributed by atoms with Crippen LogP contribution in [0.4, 0.5) is 0 Å². The summed E-state index contributed by atoms with van der Waals surface area (Å²) >= 11 is 0. The van der Waals surface area contributed by atoms with Crippen molar-refractivity contribution in [2.24, 2.45) is 17.3 Å². The molecule has 0 amide bonds. The Hall–Kier alpha value is -1.37. The van der Waals surface area contributed by atoms with Crippen molar-refractivity contribution < 1.29 is 0 Å². The molecule has 0 saturated heterocycles. The molecule has 0 N–H and O–H groups in total. The van der Waals surface area contributed by atoms with Crippen LogP contribution in [-0.4, -0.2) is 14.8 Å². The topological polar surface area (TPSA) is 54.5 Å². The minimum absolute atomic E-state index is 0.164. The molecule has 4 nitrogen and oxygen atoms in total. The quantitative estimate of drug-likeness (QED) is 0.821. The van der Waals surface area contributed by atoms with E-state index in [9.17, 15) is 5.26 Å². The second-order valence-electron chi connectivity index (χ2n) is 6.24. The third-order valence-corrected chi connectivity index (χ3v) is 4.81. The van der Waals surface area contributed by atoms with Crippen molar-refractivity contribution in [3.63, 3.8) is 0 Å². The molecule has 3 rings (SSSR count). The Labute approximate surface area is 108 Å². The molecule has 18 heavy (non-hydrogen) atoms. The van der Waals surface area contributed by atoms with Crippen LogP contribution in [0, 0.1) is 28.6 Å². The van der Waals surface area contributed by atoms with Crippen LogP contribution in [0.1, 0.15) is 51.4 Å². The molecule has 0 spiro atoms. The summed E-state index contributed by atoms with van der Waals surface area (Å²) in [7, 11) is 0. The van der Waals surface area contributed by atoms with E-state index in [1.807, 2.05) is 4.68 Å². The number of fused-ring (bicyclic) bond motifs is 2. The Morgan fingerprint density at radius 3 is 2.94 bits per heavy atom. The van der Waals surface area contributed by atoms with Gasteiger partial charge in [-0.05, 0) is 44.9 Å². The van der Waals surface area contributed by atoms with E-state index in [4.69, 9.17) is 0 Å². The summed E-state index contributed by atoms with van der Waals surface area (Å²) in [6, 6.07) is 2.95. The van der Waals surface area contributed by atoms with E-state index in [0.717, 1.165) is 24.6 Å². The van der Waals surface area contributed by atoms with Crippen molar-refractivity contribution in [1.29, 1.82) is 5.26 Å². The lowest BCUT2D eigenvalue weighted by Gasteiger charge is -2.30. The minimum Gasteiger partial charge on any atom is -0.248 e. The van der Waals surface area contributed by atoms with Crippen LogP contribution in [0.2, 0.25) is 0 Å². The number of aromatic nitrogens is 3. The van der Waals surface area contributed by atoms with E-state index in [1.165, 1.54) is 19.3 Å². The highest BCUT2D eigenvalue weighted by atomic mass is 15.3. The van der Waals surface area contributed by atoms with Gasteiger partial charge in [-0.25, -0.2) is 9.67 Å². The van der Waals surface area contributed by atoms with Crippen LogP contribution >= 0.6 is 0 Å². The summed E-state index contributed by atoms with van der Waals surface area (Å²) in [5.74, 6) is 2.36. The van der Waals surface area contributed by atoms with E-state index in [-0.39, 0.29) is 5.41 Å². The van der Waals surface area contributed by atoms with Crippen LogP contribution in [-0.2, 0) is 6.42 Å². The van der Waals surface area contributed by atoms with Crippen LogP contribution in [0.15, 0.2) is 6.33 Å². The fraction of sp³-hybridized carbons (Fsp3) is 0.786. The zero-order valence-corrected chi connectivity index (χ0v) is 11.1. The Balaban J connectivity index is 1.87. The maximum atomic E-state index is 9.66. The summed E-state index contributed by atoms with van der Waals surface area (Å²) in [6.45, 7) is 4.22. The normalized spacial score (nSPS) is 34.1. The van der Waals surface area contributed by atoms with Gasteiger partial charge in [0, 0.05) is 12.5 Å². The van der Waals surface area contributed by atoms with Crippen molar-refractivity contribution in [3.8, 4) is 6.07 Å². The third kappa shape index (κ3) is 1.65. The molecular weight excluding hydrogens is 224 g/mol. The van der Waals surface area contributed by atoms with Gasteiger partial charge in [-0.15, -0.1) is 0 Å². The lowest BCUT2D eigenvalue weighted by atomic mass is 9.72. The molecule has 1 aromatic heterocycles. The first-order valence-electron chi connectivity index (χ1n) is 6.94. The molecule has 2 fully saturated rings. The molecule has 0 aromatic carbocycles. The van der Waals surface area contributed by atoms with Gasteiger partial charge in [0.25, 0.3) is 0 Å². The molecule has 3 unspecified atom stereocenters. The van der Waals surface area contributed by atoms with Gasteiger partial charge in [0.2, 0.25) is 0 Å². The highest BCUT2D eigenvalue weighted by Crippen LogP contribution is 2.56. The van der Waals surface area contributed by atoms with Gasteiger partial charge in [-0.1, -0.05) is 6.42 Å². The smallest absolute Gasteiger partial charge is 0.138 e. The minimum atomic E-state index is -0.164. The monoisotopic (exact) mass is 244 g/mol. The second-order valence-corrected chi connectivity index (χ2v) is 6.24. The van der Waals surface area contributed by atoms with Gasteiger partial charge in [-0.2, -0.15) is 10.4 Å². The fourth-order valence-electron chi connectivity index (χ4n) is 3.95. The van der Waals surface area contributed by atoms with Crippen LogP contribution < -0.4 is 0 Å². The summed E-state index contributed by atoms with van der Waals surface area (Å²) in [6.07, 6.45) is 7.28. The van der Waals surface area contributed by atoms with E-state index in [2.05, 4.69) is 30.0 Å². The highest BCUT2D eigenvalue weighted by Gasteiger charge is 2.51. The van der Waals surface area contributed by atoms with Crippen molar-refractivity contribution in [3.05, 3.63) is 12.2 Å². The average Bonchev–Trinajstić information content (AvgIpc) is 3.03. The molecule has 2 aliphatic rings. The Bertz CT molecular complexity index is 484. The van der Waals surface area contributed by atoms with Crippen LogP contribution in [0.5, 0.6) is 0 Å². The van der Waals surface area contributed by atoms with Gasteiger partial charge < -0.3 is 0 Å². The number of nitrogens with zero attached hydrogens (tertiary/aromatic N) is 4. The molecule has 4 heteroatoms. The van der Waals surface area contributed by atoms with E-state index in [1.54, 1.807) is 6.33 Å².